The first-order valence-electron chi connectivity index (χ1n) is 6.17. The van der Waals surface area contributed by atoms with Crippen molar-refractivity contribution in [1.29, 1.82) is 0 Å². The molecule has 1 amide bonds. The number of nitrogens with one attached hydrogen (secondary N) is 1. The molecule has 2 atom stereocenters. The summed E-state index contributed by atoms with van der Waals surface area (Å²) in [6.07, 6.45) is 3.23. The molecular formula is C12H24N2O2. The molecule has 0 aromatic rings. The van der Waals surface area contributed by atoms with Crippen molar-refractivity contribution < 1.29 is 9.53 Å². The van der Waals surface area contributed by atoms with Crippen molar-refractivity contribution in [3.8, 4) is 0 Å². The largest absolute Gasteiger partial charge is 0.378 e. The van der Waals surface area contributed by atoms with E-state index in [1.54, 1.807) is 19.0 Å². The molecule has 1 N–H and O–H groups in total. The molecular weight excluding hydrogens is 204 g/mol. The van der Waals surface area contributed by atoms with E-state index >= 15 is 0 Å². The molecule has 0 radical (unpaired) electrons. The van der Waals surface area contributed by atoms with Gasteiger partial charge in [-0.2, -0.15) is 0 Å². The summed E-state index contributed by atoms with van der Waals surface area (Å²) in [4.78, 5) is 13.0. The number of carbonyl (C=O) groups excluding carboxylic acids is 1. The fraction of sp³-hybridized carbons (Fsp3) is 0.917. The van der Waals surface area contributed by atoms with Crippen molar-refractivity contribution in [2.24, 2.45) is 5.92 Å². The molecule has 16 heavy (non-hydrogen) atoms. The van der Waals surface area contributed by atoms with Gasteiger partial charge in [0.1, 0.15) is 0 Å². The van der Waals surface area contributed by atoms with Crippen LogP contribution in [0.2, 0.25) is 0 Å². The van der Waals surface area contributed by atoms with Crippen LogP contribution in [-0.2, 0) is 9.53 Å². The third-order valence-electron chi connectivity index (χ3n) is 3.17. The molecule has 0 bridgehead atoms. The SMILES string of the molecule is CCC1OCCC1CNCCC(=O)N(C)C. The van der Waals surface area contributed by atoms with E-state index in [2.05, 4.69) is 12.2 Å². The molecule has 1 saturated heterocycles. The first-order valence-corrected chi connectivity index (χ1v) is 6.17. The van der Waals surface area contributed by atoms with E-state index in [0.717, 1.165) is 32.5 Å². The quantitative estimate of drug-likeness (QED) is 0.686. The summed E-state index contributed by atoms with van der Waals surface area (Å²) in [6, 6.07) is 0. The maximum absolute atomic E-state index is 11.3. The van der Waals surface area contributed by atoms with Gasteiger partial charge in [0, 0.05) is 40.2 Å². The maximum atomic E-state index is 11.3. The van der Waals surface area contributed by atoms with Crippen molar-refractivity contribution in [1.82, 2.24) is 10.2 Å². The Hall–Kier alpha value is -0.610. The lowest BCUT2D eigenvalue weighted by Crippen LogP contribution is -2.31. The van der Waals surface area contributed by atoms with Gasteiger partial charge in [0.05, 0.1) is 6.10 Å². The Morgan fingerprint density at radius 2 is 2.25 bits per heavy atom. The predicted molar refractivity (Wildman–Crippen MR) is 64.3 cm³/mol. The number of hydrogen-bond acceptors (Lipinski definition) is 3. The van der Waals surface area contributed by atoms with Crippen molar-refractivity contribution >= 4 is 5.91 Å². The molecule has 1 fully saturated rings. The standard InChI is InChI=1S/C12H24N2O2/c1-4-11-10(6-8-16-11)9-13-7-5-12(15)14(2)3/h10-11,13H,4-9H2,1-3H3. The van der Waals surface area contributed by atoms with E-state index < -0.39 is 0 Å². The highest BCUT2D eigenvalue weighted by Crippen LogP contribution is 2.22. The molecule has 1 heterocycles. The smallest absolute Gasteiger partial charge is 0.223 e. The zero-order chi connectivity index (χ0) is 12.0. The zero-order valence-electron chi connectivity index (χ0n) is 10.7. The van der Waals surface area contributed by atoms with Gasteiger partial charge in [0.25, 0.3) is 0 Å². The highest BCUT2D eigenvalue weighted by Gasteiger charge is 2.25. The third kappa shape index (κ3) is 4.10. The first kappa shape index (κ1) is 13.5. The Kier molecular flexibility index (Phi) is 5.77. The summed E-state index contributed by atoms with van der Waals surface area (Å²) in [5, 5.41) is 3.35. The molecule has 0 aliphatic carbocycles. The topological polar surface area (TPSA) is 41.6 Å². The molecule has 0 saturated carbocycles. The second kappa shape index (κ2) is 6.86. The maximum Gasteiger partial charge on any atom is 0.223 e. The van der Waals surface area contributed by atoms with Crippen LogP contribution < -0.4 is 5.32 Å². The van der Waals surface area contributed by atoms with Gasteiger partial charge in [-0.15, -0.1) is 0 Å². The molecule has 1 rings (SSSR count). The molecule has 1 aliphatic rings. The van der Waals surface area contributed by atoms with Gasteiger partial charge in [-0.3, -0.25) is 4.79 Å². The van der Waals surface area contributed by atoms with Crippen LogP contribution in [-0.4, -0.2) is 50.7 Å². The number of amides is 1. The van der Waals surface area contributed by atoms with Crippen molar-refractivity contribution in [2.45, 2.75) is 32.3 Å². The minimum absolute atomic E-state index is 0.183. The summed E-state index contributed by atoms with van der Waals surface area (Å²) < 4.78 is 5.62. The van der Waals surface area contributed by atoms with Crippen LogP contribution in [0.1, 0.15) is 26.2 Å². The minimum Gasteiger partial charge on any atom is -0.378 e. The molecule has 0 spiro atoms. The van der Waals surface area contributed by atoms with Crippen LogP contribution in [0.15, 0.2) is 0 Å². The molecule has 94 valence electrons. The lowest BCUT2D eigenvalue weighted by molar-refractivity contribution is -0.128. The zero-order valence-corrected chi connectivity index (χ0v) is 10.7. The van der Waals surface area contributed by atoms with Gasteiger partial charge >= 0.3 is 0 Å². The Balaban J connectivity index is 2.09. The normalized spacial score (nSPS) is 24.7. The summed E-state index contributed by atoms with van der Waals surface area (Å²) in [7, 11) is 3.58. The highest BCUT2D eigenvalue weighted by molar-refractivity contribution is 5.75. The predicted octanol–water partition coefficient (Wildman–Crippen LogP) is 0.869. The number of rotatable bonds is 6. The molecule has 4 heteroatoms. The number of carbonyl (C=O) groups is 1. The molecule has 4 nitrogen and oxygen atoms in total. The van der Waals surface area contributed by atoms with Gasteiger partial charge in [-0.25, -0.2) is 0 Å². The van der Waals surface area contributed by atoms with E-state index in [1.807, 2.05) is 0 Å². The van der Waals surface area contributed by atoms with Crippen LogP contribution in [0.3, 0.4) is 0 Å². The van der Waals surface area contributed by atoms with E-state index in [4.69, 9.17) is 4.74 Å². The monoisotopic (exact) mass is 228 g/mol. The number of nitrogens with zero attached hydrogens (tertiary/aromatic N) is 1. The number of hydrogen-bond donors (Lipinski definition) is 1. The van der Waals surface area contributed by atoms with Gasteiger partial charge in [-0.1, -0.05) is 6.92 Å². The molecule has 0 aromatic carbocycles. The second-order valence-corrected chi connectivity index (χ2v) is 4.61. The lowest BCUT2D eigenvalue weighted by Gasteiger charge is -2.17. The fourth-order valence-electron chi connectivity index (χ4n) is 2.08. The first-order chi connectivity index (χ1) is 7.65. The second-order valence-electron chi connectivity index (χ2n) is 4.61. The molecule has 0 aromatic heterocycles. The van der Waals surface area contributed by atoms with E-state index in [-0.39, 0.29) is 5.91 Å². The Morgan fingerprint density at radius 1 is 1.50 bits per heavy atom. The van der Waals surface area contributed by atoms with Gasteiger partial charge in [0.15, 0.2) is 0 Å². The Morgan fingerprint density at radius 3 is 2.88 bits per heavy atom. The van der Waals surface area contributed by atoms with Gasteiger partial charge < -0.3 is 15.0 Å². The molecule has 2 unspecified atom stereocenters. The summed E-state index contributed by atoms with van der Waals surface area (Å²) >= 11 is 0. The van der Waals surface area contributed by atoms with Crippen LogP contribution in [0, 0.1) is 5.92 Å². The van der Waals surface area contributed by atoms with Crippen LogP contribution >= 0.6 is 0 Å². The fourth-order valence-corrected chi connectivity index (χ4v) is 2.08. The summed E-state index contributed by atoms with van der Waals surface area (Å²) in [5.41, 5.74) is 0. The Labute approximate surface area is 98.3 Å². The van der Waals surface area contributed by atoms with Gasteiger partial charge in [-0.05, 0) is 18.8 Å². The van der Waals surface area contributed by atoms with Crippen LogP contribution in [0.25, 0.3) is 0 Å². The number of ether oxygens (including phenoxy) is 1. The van der Waals surface area contributed by atoms with E-state index in [0.29, 0.717) is 18.4 Å². The summed E-state index contributed by atoms with van der Waals surface area (Å²) in [5.74, 6) is 0.807. The highest BCUT2D eigenvalue weighted by atomic mass is 16.5. The lowest BCUT2D eigenvalue weighted by atomic mass is 10.00. The Bertz CT molecular complexity index is 219. The third-order valence-corrected chi connectivity index (χ3v) is 3.17. The molecule has 1 aliphatic heterocycles. The van der Waals surface area contributed by atoms with E-state index in [9.17, 15) is 4.79 Å². The average molecular weight is 228 g/mol. The van der Waals surface area contributed by atoms with Crippen molar-refractivity contribution in [3.05, 3.63) is 0 Å². The van der Waals surface area contributed by atoms with Crippen LogP contribution in [0.5, 0.6) is 0 Å². The van der Waals surface area contributed by atoms with Crippen molar-refractivity contribution in [3.63, 3.8) is 0 Å². The van der Waals surface area contributed by atoms with Gasteiger partial charge in [0.2, 0.25) is 5.91 Å². The minimum atomic E-state index is 0.183. The van der Waals surface area contributed by atoms with Crippen molar-refractivity contribution in [2.75, 3.05) is 33.8 Å². The average Bonchev–Trinajstić information content (AvgIpc) is 2.71. The van der Waals surface area contributed by atoms with Crippen LogP contribution in [0.4, 0.5) is 0 Å². The summed E-state index contributed by atoms with van der Waals surface area (Å²) in [6.45, 7) is 4.79. The van der Waals surface area contributed by atoms with E-state index in [1.165, 1.54) is 0 Å².